The quantitative estimate of drug-likeness (QED) is 0.415. The van der Waals surface area contributed by atoms with E-state index in [0.29, 0.717) is 26.6 Å². The Balaban J connectivity index is 1.78. The summed E-state index contributed by atoms with van der Waals surface area (Å²) in [7, 11) is 0. The molecule has 0 radical (unpaired) electrons. The molecule has 2 rings (SSSR count). The van der Waals surface area contributed by atoms with Crippen LogP contribution in [0.15, 0.2) is 46.9 Å². The predicted molar refractivity (Wildman–Crippen MR) is 118 cm³/mol. The van der Waals surface area contributed by atoms with Gasteiger partial charge in [0.2, 0.25) is 0 Å². The smallest absolute Gasteiger partial charge is 0.276 e. The topological polar surface area (TPSA) is 88.7 Å². The van der Waals surface area contributed by atoms with Gasteiger partial charge < -0.3 is 9.47 Å². The highest BCUT2D eigenvalue weighted by Crippen LogP contribution is 2.26. The SMILES string of the molecule is CC(C)Oc1ccc(C(=O)NC(=S)NNC(=O)COc2ccc(Cl)cc2)cc1Br. The van der Waals surface area contributed by atoms with Gasteiger partial charge in [-0.25, -0.2) is 0 Å². The number of ether oxygens (including phenoxy) is 2. The second-order valence-electron chi connectivity index (χ2n) is 6.01. The minimum absolute atomic E-state index is 0.00929. The number of benzene rings is 2. The van der Waals surface area contributed by atoms with Crippen molar-refractivity contribution in [3.8, 4) is 11.5 Å². The van der Waals surface area contributed by atoms with E-state index in [0.717, 1.165) is 0 Å². The van der Waals surface area contributed by atoms with Crippen LogP contribution in [0.3, 0.4) is 0 Å². The van der Waals surface area contributed by atoms with Crippen molar-refractivity contribution in [3.05, 3.63) is 57.5 Å². The van der Waals surface area contributed by atoms with Crippen LogP contribution in [-0.4, -0.2) is 29.6 Å². The van der Waals surface area contributed by atoms with Gasteiger partial charge in [-0.3, -0.25) is 25.8 Å². The molecule has 0 heterocycles. The van der Waals surface area contributed by atoms with Gasteiger partial charge in [0.25, 0.3) is 11.8 Å². The summed E-state index contributed by atoms with van der Waals surface area (Å²) >= 11 is 14.2. The molecule has 0 spiro atoms. The van der Waals surface area contributed by atoms with E-state index >= 15 is 0 Å². The molecule has 0 atom stereocenters. The minimum Gasteiger partial charge on any atom is -0.490 e. The lowest BCUT2D eigenvalue weighted by atomic mass is 10.2. The summed E-state index contributed by atoms with van der Waals surface area (Å²) in [6, 6.07) is 11.5. The van der Waals surface area contributed by atoms with E-state index in [4.69, 9.17) is 33.3 Å². The molecule has 2 aromatic rings. The second kappa shape index (κ2) is 11.0. The molecule has 29 heavy (non-hydrogen) atoms. The average Bonchev–Trinajstić information content (AvgIpc) is 2.67. The molecule has 0 unspecified atom stereocenters. The Kier molecular flexibility index (Phi) is 8.69. The van der Waals surface area contributed by atoms with Crippen molar-refractivity contribution >= 4 is 56.7 Å². The van der Waals surface area contributed by atoms with Gasteiger partial charge in [-0.05, 0) is 84.5 Å². The largest absolute Gasteiger partial charge is 0.490 e. The van der Waals surface area contributed by atoms with Crippen LogP contribution >= 0.6 is 39.7 Å². The number of carbonyl (C=O) groups is 2. The van der Waals surface area contributed by atoms with Crippen molar-refractivity contribution < 1.29 is 19.1 Å². The van der Waals surface area contributed by atoms with Gasteiger partial charge >= 0.3 is 0 Å². The van der Waals surface area contributed by atoms with Crippen molar-refractivity contribution in [1.82, 2.24) is 16.2 Å². The van der Waals surface area contributed by atoms with Gasteiger partial charge in [0, 0.05) is 10.6 Å². The Morgan fingerprint density at radius 3 is 2.45 bits per heavy atom. The molecule has 0 saturated carbocycles. The zero-order chi connectivity index (χ0) is 21.4. The zero-order valence-corrected chi connectivity index (χ0v) is 18.8. The summed E-state index contributed by atoms with van der Waals surface area (Å²) < 4.78 is 11.5. The van der Waals surface area contributed by atoms with Crippen molar-refractivity contribution in [2.45, 2.75) is 20.0 Å². The summed E-state index contributed by atoms with van der Waals surface area (Å²) in [6.45, 7) is 3.58. The Bertz CT molecular complexity index is 894. The van der Waals surface area contributed by atoms with Crippen molar-refractivity contribution in [1.29, 1.82) is 0 Å². The number of hydrogen-bond acceptors (Lipinski definition) is 5. The molecule has 0 aliphatic carbocycles. The molecule has 0 aliphatic rings. The molecule has 0 aromatic heterocycles. The molecule has 2 aromatic carbocycles. The van der Waals surface area contributed by atoms with Crippen LogP contribution in [0.25, 0.3) is 0 Å². The predicted octanol–water partition coefficient (Wildman–Crippen LogP) is 3.60. The monoisotopic (exact) mass is 499 g/mol. The standard InChI is InChI=1S/C19H19BrClN3O4S/c1-11(2)28-16-8-3-12(9-15(16)20)18(26)22-19(29)24-23-17(25)10-27-14-6-4-13(21)5-7-14/h3-9,11H,10H2,1-2H3,(H,23,25)(H2,22,24,26,29). The molecule has 0 bridgehead atoms. The van der Waals surface area contributed by atoms with E-state index in [-0.39, 0.29) is 17.8 Å². The van der Waals surface area contributed by atoms with E-state index in [9.17, 15) is 9.59 Å². The van der Waals surface area contributed by atoms with E-state index < -0.39 is 11.8 Å². The first kappa shape index (κ1) is 22.9. The summed E-state index contributed by atoms with van der Waals surface area (Å²) in [4.78, 5) is 24.1. The maximum atomic E-state index is 12.3. The number of rotatable bonds is 6. The van der Waals surface area contributed by atoms with Crippen LogP contribution in [-0.2, 0) is 4.79 Å². The Morgan fingerprint density at radius 2 is 1.83 bits per heavy atom. The average molecular weight is 501 g/mol. The zero-order valence-electron chi connectivity index (χ0n) is 15.6. The van der Waals surface area contributed by atoms with E-state index in [1.165, 1.54) is 0 Å². The number of halogens is 2. The Hall–Kier alpha value is -2.36. The maximum Gasteiger partial charge on any atom is 0.276 e. The molecule has 0 aliphatic heterocycles. The molecule has 3 N–H and O–H groups in total. The highest BCUT2D eigenvalue weighted by Gasteiger charge is 2.12. The fourth-order valence-corrected chi connectivity index (χ4v) is 2.78. The van der Waals surface area contributed by atoms with Gasteiger partial charge in [0.15, 0.2) is 11.7 Å². The summed E-state index contributed by atoms with van der Waals surface area (Å²) in [6.07, 6.45) is 0.00929. The Morgan fingerprint density at radius 1 is 1.14 bits per heavy atom. The van der Waals surface area contributed by atoms with Gasteiger partial charge in [0.1, 0.15) is 11.5 Å². The van der Waals surface area contributed by atoms with Crippen molar-refractivity contribution in [2.75, 3.05) is 6.61 Å². The molecule has 0 fully saturated rings. The molecule has 10 heteroatoms. The molecule has 0 saturated heterocycles. The van der Waals surface area contributed by atoms with E-state index in [1.54, 1.807) is 42.5 Å². The number of thiocarbonyl (C=S) groups is 1. The second-order valence-corrected chi connectivity index (χ2v) is 7.71. The number of carbonyl (C=O) groups excluding carboxylic acids is 2. The third-order valence-corrected chi connectivity index (χ3v) is 4.36. The summed E-state index contributed by atoms with van der Waals surface area (Å²) in [5.41, 5.74) is 5.15. The van der Waals surface area contributed by atoms with Crippen LogP contribution in [0.1, 0.15) is 24.2 Å². The van der Waals surface area contributed by atoms with Crippen molar-refractivity contribution in [3.63, 3.8) is 0 Å². The first-order chi connectivity index (χ1) is 13.7. The van der Waals surface area contributed by atoms with Crippen LogP contribution in [0.5, 0.6) is 11.5 Å². The van der Waals surface area contributed by atoms with Crippen LogP contribution in [0.4, 0.5) is 0 Å². The van der Waals surface area contributed by atoms with Gasteiger partial charge in [-0.2, -0.15) is 0 Å². The highest BCUT2D eigenvalue weighted by molar-refractivity contribution is 9.10. The number of nitrogens with one attached hydrogen (secondary N) is 3. The lowest BCUT2D eigenvalue weighted by Crippen LogP contribution is -2.49. The molecule has 154 valence electrons. The third kappa shape index (κ3) is 7.88. The number of hydrazine groups is 1. The third-order valence-electron chi connectivity index (χ3n) is 3.28. The maximum absolute atomic E-state index is 12.3. The molecular formula is C19H19BrClN3O4S. The molecule has 7 nitrogen and oxygen atoms in total. The highest BCUT2D eigenvalue weighted by atomic mass is 79.9. The van der Waals surface area contributed by atoms with Crippen LogP contribution in [0.2, 0.25) is 5.02 Å². The first-order valence-electron chi connectivity index (χ1n) is 8.49. The lowest BCUT2D eigenvalue weighted by molar-refractivity contribution is -0.123. The van der Waals surface area contributed by atoms with E-state index in [1.807, 2.05) is 13.8 Å². The van der Waals surface area contributed by atoms with E-state index in [2.05, 4.69) is 32.1 Å². The van der Waals surface area contributed by atoms with Gasteiger partial charge in [-0.15, -0.1) is 0 Å². The van der Waals surface area contributed by atoms with Crippen LogP contribution < -0.4 is 25.6 Å². The molecule has 2 amide bonds. The van der Waals surface area contributed by atoms with Gasteiger partial charge in [-0.1, -0.05) is 11.6 Å². The minimum atomic E-state index is -0.477. The summed E-state index contributed by atoms with van der Waals surface area (Å²) in [5.74, 6) is 0.210. The van der Waals surface area contributed by atoms with Crippen LogP contribution in [0, 0.1) is 0 Å². The fraction of sp³-hybridized carbons (Fsp3) is 0.211. The lowest BCUT2D eigenvalue weighted by Gasteiger charge is -2.13. The number of hydrogen-bond donors (Lipinski definition) is 3. The number of amides is 2. The van der Waals surface area contributed by atoms with Crippen molar-refractivity contribution in [2.24, 2.45) is 0 Å². The first-order valence-corrected chi connectivity index (χ1v) is 10.1. The van der Waals surface area contributed by atoms with Gasteiger partial charge in [0.05, 0.1) is 10.6 Å². The normalized spacial score (nSPS) is 10.2. The Labute approximate surface area is 187 Å². The summed E-state index contributed by atoms with van der Waals surface area (Å²) in [5, 5.41) is 2.98. The fourth-order valence-electron chi connectivity index (χ4n) is 2.04. The molecular weight excluding hydrogens is 482 g/mol.